The van der Waals surface area contributed by atoms with Crippen molar-refractivity contribution in [3.63, 3.8) is 0 Å². The molecule has 1 saturated heterocycles. The fourth-order valence-corrected chi connectivity index (χ4v) is 6.30. The maximum atomic E-state index is 14.0. The van der Waals surface area contributed by atoms with Crippen LogP contribution < -0.4 is 4.74 Å². The molecule has 2 aliphatic heterocycles. The summed E-state index contributed by atoms with van der Waals surface area (Å²) in [6, 6.07) is 11.0. The number of fused-ring (bicyclic) bond motifs is 4. The molecule has 8 heteroatoms. The van der Waals surface area contributed by atoms with Crippen LogP contribution in [0.1, 0.15) is 59.8 Å². The minimum atomic E-state index is -0.593. The number of nitrogens with zero attached hydrogens (tertiary/aromatic N) is 2. The van der Waals surface area contributed by atoms with Gasteiger partial charge in [-0.3, -0.25) is 9.59 Å². The van der Waals surface area contributed by atoms with E-state index in [9.17, 15) is 19.1 Å². The number of piperidine rings is 1. The molecule has 0 bridgehead atoms. The average molecular weight is 506 g/mol. The number of carbonyl (C=O) groups is 2. The van der Waals surface area contributed by atoms with Crippen LogP contribution in [0.5, 0.6) is 5.75 Å². The Hall–Kier alpha value is -3.39. The van der Waals surface area contributed by atoms with Crippen molar-refractivity contribution in [2.45, 2.75) is 43.6 Å². The van der Waals surface area contributed by atoms with Crippen molar-refractivity contribution in [1.82, 2.24) is 14.8 Å². The van der Waals surface area contributed by atoms with Crippen molar-refractivity contribution in [2.75, 3.05) is 33.4 Å². The molecule has 2 N–H and O–H groups in total. The Morgan fingerprint density at radius 2 is 1.95 bits per heavy atom. The number of aromatic nitrogens is 1. The fraction of sp³-hybridized carbons (Fsp3) is 0.448. The monoisotopic (exact) mass is 505 g/mol. The molecular weight excluding hydrogens is 473 g/mol. The Morgan fingerprint density at radius 3 is 2.62 bits per heavy atom. The number of rotatable bonds is 5. The fourth-order valence-electron chi connectivity index (χ4n) is 6.30. The third kappa shape index (κ3) is 4.17. The zero-order valence-corrected chi connectivity index (χ0v) is 21.0. The van der Waals surface area contributed by atoms with E-state index in [-0.39, 0.29) is 24.0 Å². The third-order valence-electron chi connectivity index (χ3n) is 8.49. The van der Waals surface area contributed by atoms with Crippen LogP contribution >= 0.6 is 0 Å². The van der Waals surface area contributed by atoms with Crippen LogP contribution in [0.15, 0.2) is 42.5 Å². The molecule has 1 aliphatic carbocycles. The van der Waals surface area contributed by atoms with E-state index in [0.717, 1.165) is 35.0 Å². The van der Waals surface area contributed by atoms with Crippen molar-refractivity contribution in [3.8, 4) is 5.75 Å². The first-order valence-electron chi connectivity index (χ1n) is 13.1. The number of amides is 2. The average Bonchev–Trinajstić information content (AvgIpc) is 3.64. The highest BCUT2D eigenvalue weighted by Gasteiger charge is 2.49. The number of halogens is 1. The second kappa shape index (κ2) is 9.17. The van der Waals surface area contributed by atoms with Crippen molar-refractivity contribution >= 4 is 22.7 Å². The summed E-state index contributed by atoms with van der Waals surface area (Å²) >= 11 is 0. The van der Waals surface area contributed by atoms with Crippen LogP contribution in [0.2, 0.25) is 0 Å². The van der Waals surface area contributed by atoms with E-state index in [1.54, 1.807) is 18.1 Å². The number of methoxy groups -OCH3 is 1. The van der Waals surface area contributed by atoms with Crippen molar-refractivity contribution in [1.29, 1.82) is 0 Å². The molecule has 2 fully saturated rings. The van der Waals surface area contributed by atoms with Gasteiger partial charge in [0.1, 0.15) is 11.6 Å². The van der Waals surface area contributed by atoms with Gasteiger partial charge < -0.3 is 24.6 Å². The number of ether oxygens (including phenoxy) is 1. The molecule has 3 heterocycles. The molecule has 6 rings (SSSR count). The Labute approximate surface area is 215 Å². The lowest BCUT2D eigenvalue weighted by Gasteiger charge is -2.50. The molecule has 0 unspecified atom stereocenters. The van der Waals surface area contributed by atoms with Crippen LogP contribution in [0.25, 0.3) is 10.9 Å². The Bertz CT molecular complexity index is 1360. The van der Waals surface area contributed by atoms with E-state index in [1.165, 1.54) is 18.2 Å². The molecule has 2 amide bonds. The van der Waals surface area contributed by atoms with Crippen LogP contribution in [-0.4, -0.2) is 65.1 Å². The van der Waals surface area contributed by atoms with Gasteiger partial charge >= 0.3 is 0 Å². The predicted molar refractivity (Wildman–Crippen MR) is 137 cm³/mol. The molecule has 194 valence electrons. The first-order valence-corrected chi connectivity index (χ1v) is 13.1. The molecule has 3 aliphatic rings. The SMILES string of the molecule is COc1ccc2c3c([nH]c2c1)[C@@H](CO)N(C(=O)c1cccc(F)c1)CC31CCN(C(=O)CC2CC2)CC1. The van der Waals surface area contributed by atoms with Crippen molar-refractivity contribution in [2.24, 2.45) is 5.92 Å². The quantitative estimate of drug-likeness (QED) is 0.545. The first-order chi connectivity index (χ1) is 17.9. The van der Waals surface area contributed by atoms with E-state index < -0.39 is 17.3 Å². The molecule has 2 aromatic carbocycles. The molecule has 1 atom stereocenters. The Kier molecular flexibility index (Phi) is 5.94. The molecule has 3 aromatic rings. The van der Waals surface area contributed by atoms with Crippen LogP contribution in [-0.2, 0) is 10.2 Å². The van der Waals surface area contributed by atoms with Crippen molar-refractivity contribution in [3.05, 3.63) is 65.1 Å². The third-order valence-corrected chi connectivity index (χ3v) is 8.49. The highest BCUT2D eigenvalue weighted by atomic mass is 19.1. The summed E-state index contributed by atoms with van der Waals surface area (Å²) in [5.74, 6) is 0.691. The lowest BCUT2D eigenvalue weighted by molar-refractivity contribution is -0.133. The number of H-pyrrole nitrogens is 1. The Balaban J connectivity index is 1.42. The van der Waals surface area contributed by atoms with Gasteiger partial charge in [0.05, 0.1) is 19.8 Å². The number of likely N-dealkylation sites (tertiary alicyclic amines) is 1. The van der Waals surface area contributed by atoms with E-state index in [1.807, 2.05) is 23.1 Å². The van der Waals surface area contributed by atoms with Gasteiger partial charge in [-0.1, -0.05) is 6.07 Å². The normalized spacial score (nSPS) is 20.8. The zero-order valence-electron chi connectivity index (χ0n) is 21.0. The maximum Gasteiger partial charge on any atom is 0.254 e. The van der Waals surface area contributed by atoms with Crippen molar-refractivity contribution < 1.29 is 23.8 Å². The van der Waals surface area contributed by atoms with Gasteiger partial charge in [-0.05, 0) is 67.5 Å². The topological polar surface area (TPSA) is 85.9 Å². The molecule has 0 radical (unpaired) electrons. The van der Waals surface area contributed by atoms with Gasteiger partial charge in [0, 0.05) is 59.7 Å². The number of hydrogen-bond donors (Lipinski definition) is 2. The largest absolute Gasteiger partial charge is 0.497 e. The van der Waals surface area contributed by atoms with Crippen LogP contribution in [0, 0.1) is 11.7 Å². The number of aromatic amines is 1. The number of nitrogens with one attached hydrogen (secondary N) is 1. The van der Waals surface area contributed by atoms with Gasteiger partial charge in [-0.15, -0.1) is 0 Å². The number of hydrogen-bond acceptors (Lipinski definition) is 4. The second-order valence-corrected chi connectivity index (χ2v) is 10.8. The highest BCUT2D eigenvalue weighted by Crippen LogP contribution is 2.49. The second-order valence-electron chi connectivity index (χ2n) is 10.8. The Morgan fingerprint density at radius 1 is 1.16 bits per heavy atom. The molecule has 1 saturated carbocycles. The number of aliphatic hydroxyl groups is 1. The van der Waals surface area contributed by atoms with E-state index >= 15 is 0 Å². The van der Waals surface area contributed by atoms with E-state index in [4.69, 9.17) is 4.74 Å². The summed E-state index contributed by atoms with van der Waals surface area (Å²) in [4.78, 5) is 33.7. The molecule has 7 nitrogen and oxygen atoms in total. The minimum absolute atomic E-state index is 0.220. The zero-order chi connectivity index (χ0) is 25.7. The smallest absolute Gasteiger partial charge is 0.254 e. The van der Waals surface area contributed by atoms with Crippen LogP contribution in [0.3, 0.4) is 0 Å². The number of benzene rings is 2. The maximum absolute atomic E-state index is 14.0. The molecule has 1 aromatic heterocycles. The highest BCUT2D eigenvalue weighted by molar-refractivity contribution is 5.96. The summed E-state index contributed by atoms with van der Waals surface area (Å²) in [7, 11) is 1.62. The van der Waals surface area contributed by atoms with Gasteiger partial charge in [0.15, 0.2) is 0 Å². The molecule has 37 heavy (non-hydrogen) atoms. The van der Waals surface area contributed by atoms with Crippen LogP contribution in [0.4, 0.5) is 4.39 Å². The predicted octanol–water partition coefficient (Wildman–Crippen LogP) is 4.17. The summed E-state index contributed by atoms with van der Waals surface area (Å²) in [6.45, 7) is 1.38. The minimum Gasteiger partial charge on any atom is -0.497 e. The summed E-state index contributed by atoms with van der Waals surface area (Å²) in [5, 5.41) is 11.6. The standard InChI is InChI=1S/C29H32FN3O4/c1-37-21-7-8-22-23(15-21)31-27-24(16-34)33(28(36)19-3-2-4-20(30)14-19)17-29(26(22)27)9-11-32(12-10-29)25(35)13-18-5-6-18/h2-4,7-8,14-15,18,24,31,34H,5-6,9-13,16-17H2,1H3/t24-/m1/s1. The first kappa shape index (κ1) is 24.0. The lowest BCUT2D eigenvalue weighted by atomic mass is 9.68. The number of carbonyl (C=O) groups excluding carboxylic acids is 2. The van der Waals surface area contributed by atoms with Gasteiger partial charge in [0.25, 0.3) is 5.91 Å². The number of aliphatic hydroxyl groups excluding tert-OH is 1. The van der Waals surface area contributed by atoms with Gasteiger partial charge in [-0.25, -0.2) is 4.39 Å². The van der Waals surface area contributed by atoms with Gasteiger partial charge in [0.2, 0.25) is 5.91 Å². The van der Waals surface area contributed by atoms with E-state index in [0.29, 0.717) is 50.6 Å². The summed E-state index contributed by atoms with van der Waals surface area (Å²) in [5.41, 5.74) is 2.66. The van der Waals surface area contributed by atoms with Gasteiger partial charge in [-0.2, -0.15) is 0 Å². The molecule has 1 spiro atoms. The van der Waals surface area contributed by atoms with E-state index in [2.05, 4.69) is 4.98 Å². The summed E-state index contributed by atoms with van der Waals surface area (Å²) < 4.78 is 19.4. The lowest BCUT2D eigenvalue weighted by Crippen LogP contribution is -2.55. The summed E-state index contributed by atoms with van der Waals surface area (Å²) in [6.07, 6.45) is 4.33. The molecular formula is C29H32FN3O4.